The van der Waals surface area contributed by atoms with Crippen molar-refractivity contribution in [1.82, 2.24) is 14.6 Å². The highest BCUT2D eigenvalue weighted by Crippen LogP contribution is 2.24. The molecule has 0 bridgehead atoms. The monoisotopic (exact) mass is 358 g/mol. The second-order valence-electron chi connectivity index (χ2n) is 4.56. The van der Waals surface area contributed by atoms with E-state index in [0.29, 0.717) is 16.2 Å². The molecule has 3 rings (SSSR count). The van der Waals surface area contributed by atoms with E-state index in [1.54, 1.807) is 18.3 Å². The Bertz CT molecular complexity index is 1030. The van der Waals surface area contributed by atoms with E-state index in [1.807, 2.05) is 0 Å². The van der Waals surface area contributed by atoms with Crippen LogP contribution in [-0.4, -0.2) is 37.7 Å². The first-order chi connectivity index (χ1) is 10.1. The maximum atomic E-state index is 11.4. The van der Waals surface area contributed by atoms with Gasteiger partial charge in [0.15, 0.2) is 9.84 Å². The molecular weight excluding hydrogens is 348 g/mol. The first-order valence-corrected chi connectivity index (χ1v) is 10.1. The fourth-order valence-electron chi connectivity index (χ4n) is 1.81. The third kappa shape index (κ3) is 2.75. The number of benzene rings is 1. The van der Waals surface area contributed by atoms with Gasteiger partial charge in [-0.05, 0) is 12.1 Å². The van der Waals surface area contributed by atoms with Crippen molar-refractivity contribution >= 4 is 36.2 Å². The van der Waals surface area contributed by atoms with Crippen molar-refractivity contribution in [2.24, 2.45) is 5.14 Å². The summed E-state index contributed by atoms with van der Waals surface area (Å²) >= 11 is 0.859. The van der Waals surface area contributed by atoms with Gasteiger partial charge in [0.2, 0.25) is 9.30 Å². The molecule has 0 atom stereocenters. The van der Waals surface area contributed by atoms with Gasteiger partial charge in [-0.3, -0.25) is 0 Å². The molecule has 2 aromatic heterocycles. The molecule has 0 spiro atoms. The molecule has 2 N–H and O–H groups in total. The van der Waals surface area contributed by atoms with Gasteiger partial charge in [-0.2, -0.15) is 0 Å². The number of hydrogen-bond acceptors (Lipinski definition) is 7. The van der Waals surface area contributed by atoms with E-state index in [9.17, 15) is 16.8 Å². The average molecular weight is 358 g/mol. The number of sulfone groups is 1. The van der Waals surface area contributed by atoms with E-state index in [4.69, 9.17) is 5.14 Å². The molecule has 0 radical (unpaired) electrons. The predicted octanol–water partition coefficient (Wildman–Crippen LogP) is 0.509. The summed E-state index contributed by atoms with van der Waals surface area (Å²) in [6, 6.07) is 6.23. The summed E-state index contributed by atoms with van der Waals surface area (Å²) in [5.41, 5.74) is 1.25. The molecule has 0 aliphatic carbocycles. The Morgan fingerprint density at radius 1 is 1.14 bits per heavy atom. The minimum atomic E-state index is -3.85. The number of rotatable bonds is 3. The summed E-state index contributed by atoms with van der Waals surface area (Å²) in [5.74, 6) is 0. The summed E-state index contributed by atoms with van der Waals surface area (Å²) in [4.78, 5) is 4.85. The first kappa shape index (κ1) is 15.1. The Kier molecular flexibility index (Phi) is 3.32. The quantitative estimate of drug-likeness (QED) is 0.727. The number of fused-ring (bicyclic) bond motifs is 1. The summed E-state index contributed by atoms with van der Waals surface area (Å²) in [7, 11) is -7.11. The van der Waals surface area contributed by atoms with E-state index in [-0.39, 0.29) is 9.24 Å². The van der Waals surface area contributed by atoms with Crippen LogP contribution in [0.5, 0.6) is 0 Å². The van der Waals surface area contributed by atoms with Gasteiger partial charge in [0.1, 0.15) is 0 Å². The van der Waals surface area contributed by atoms with Crippen LogP contribution in [0.2, 0.25) is 0 Å². The molecule has 2 heterocycles. The highest BCUT2D eigenvalue weighted by atomic mass is 32.2. The van der Waals surface area contributed by atoms with Gasteiger partial charge in [-0.1, -0.05) is 23.5 Å². The molecular formula is C11H10N4O4S3. The topological polar surface area (TPSA) is 124 Å². The van der Waals surface area contributed by atoms with Crippen LogP contribution in [0, 0.1) is 0 Å². The van der Waals surface area contributed by atoms with Crippen molar-refractivity contribution in [1.29, 1.82) is 0 Å². The van der Waals surface area contributed by atoms with Crippen LogP contribution in [0.4, 0.5) is 0 Å². The van der Waals surface area contributed by atoms with E-state index >= 15 is 0 Å². The van der Waals surface area contributed by atoms with Gasteiger partial charge >= 0.3 is 0 Å². The van der Waals surface area contributed by atoms with Gasteiger partial charge < -0.3 is 0 Å². The molecule has 11 heteroatoms. The van der Waals surface area contributed by atoms with Crippen molar-refractivity contribution in [3.05, 3.63) is 30.5 Å². The lowest BCUT2D eigenvalue weighted by molar-refractivity contribution is 0.594. The van der Waals surface area contributed by atoms with Crippen molar-refractivity contribution in [2.45, 2.75) is 9.24 Å². The van der Waals surface area contributed by atoms with Gasteiger partial charge in [0.25, 0.3) is 10.0 Å². The van der Waals surface area contributed by atoms with Crippen LogP contribution < -0.4 is 5.14 Å². The molecule has 0 aliphatic rings. The number of nitrogens with zero attached hydrogens (tertiary/aromatic N) is 3. The lowest BCUT2D eigenvalue weighted by atomic mass is 10.2. The van der Waals surface area contributed by atoms with Crippen LogP contribution in [0.15, 0.2) is 39.7 Å². The van der Waals surface area contributed by atoms with Crippen molar-refractivity contribution < 1.29 is 16.8 Å². The summed E-state index contributed by atoms with van der Waals surface area (Å²) < 4.78 is 46.4. The third-order valence-electron chi connectivity index (χ3n) is 2.85. The highest BCUT2D eigenvalue weighted by Gasteiger charge is 2.17. The van der Waals surface area contributed by atoms with Crippen molar-refractivity contribution in [3.8, 4) is 11.3 Å². The SMILES string of the molecule is CS(=O)(=O)c1ccc(-c2cn3nc(S(N)(=O)=O)sc3n2)cc1. The van der Waals surface area contributed by atoms with Gasteiger partial charge in [-0.25, -0.2) is 31.5 Å². The van der Waals surface area contributed by atoms with Crippen LogP contribution in [0.25, 0.3) is 16.2 Å². The van der Waals surface area contributed by atoms with E-state index in [0.717, 1.165) is 17.6 Å². The van der Waals surface area contributed by atoms with Crippen molar-refractivity contribution in [3.63, 3.8) is 0 Å². The maximum absolute atomic E-state index is 11.4. The third-order valence-corrected chi connectivity index (χ3v) is 6.21. The molecule has 1 aromatic carbocycles. The molecule has 0 unspecified atom stereocenters. The fourth-order valence-corrected chi connectivity index (χ4v) is 3.95. The summed E-state index contributed by atoms with van der Waals surface area (Å²) in [6.07, 6.45) is 2.68. The second-order valence-corrected chi connectivity index (χ2v) is 9.27. The number of hydrogen-bond donors (Lipinski definition) is 1. The number of nitrogens with two attached hydrogens (primary N) is 1. The second kappa shape index (κ2) is 4.84. The molecule has 3 aromatic rings. The number of sulfonamides is 1. The van der Waals surface area contributed by atoms with Gasteiger partial charge in [-0.15, -0.1) is 5.10 Å². The van der Waals surface area contributed by atoms with Gasteiger partial charge in [0, 0.05) is 11.8 Å². The average Bonchev–Trinajstić information content (AvgIpc) is 2.95. The molecule has 8 nitrogen and oxygen atoms in total. The minimum Gasteiger partial charge on any atom is -0.224 e. The first-order valence-electron chi connectivity index (χ1n) is 5.84. The number of primary sulfonamides is 1. The standard InChI is InChI=1S/C11H10N4O4S3/c1-21(16,17)8-4-2-7(3-5-8)9-6-15-10(13-9)20-11(14-15)22(12,18)19/h2-6H,1H3,(H2,12,18,19). The zero-order chi connectivity index (χ0) is 16.1. The Morgan fingerprint density at radius 2 is 1.77 bits per heavy atom. The molecule has 22 heavy (non-hydrogen) atoms. The van der Waals surface area contributed by atoms with Crippen LogP contribution in [-0.2, 0) is 19.9 Å². The molecule has 0 fully saturated rings. The van der Waals surface area contributed by atoms with E-state index < -0.39 is 19.9 Å². The van der Waals surface area contributed by atoms with Crippen LogP contribution in [0.1, 0.15) is 0 Å². The Labute approximate surface area is 130 Å². The Hall–Kier alpha value is -1.82. The number of aromatic nitrogens is 3. The molecule has 0 aliphatic heterocycles. The minimum absolute atomic E-state index is 0.214. The van der Waals surface area contributed by atoms with Crippen LogP contribution in [0.3, 0.4) is 0 Å². The van der Waals surface area contributed by atoms with Gasteiger partial charge in [0.05, 0.1) is 16.8 Å². The zero-order valence-electron chi connectivity index (χ0n) is 11.2. The lowest BCUT2D eigenvalue weighted by Gasteiger charge is -1.99. The lowest BCUT2D eigenvalue weighted by Crippen LogP contribution is -2.12. The largest absolute Gasteiger partial charge is 0.267 e. The van der Waals surface area contributed by atoms with E-state index in [1.165, 1.54) is 16.6 Å². The maximum Gasteiger partial charge on any atom is 0.267 e. The summed E-state index contributed by atoms with van der Waals surface area (Å²) in [6.45, 7) is 0. The Morgan fingerprint density at radius 3 is 2.27 bits per heavy atom. The molecule has 0 saturated heterocycles. The van der Waals surface area contributed by atoms with Crippen molar-refractivity contribution in [2.75, 3.05) is 6.26 Å². The normalized spacial score (nSPS) is 12.8. The molecule has 0 saturated carbocycles. The zero-order valence-corrected chi connectivity index (χ0v) is 13.6. The van der Waals surface area contributed by atoms with E-state index in [2.05, 4.69) is 10.1 Å². The fraction of sp³-hybridized carbons (Fsp3) is 0.0909. The smallest absolute Gasteiger partial charge is 0.224 e. The Balaban J connectivity index is 2.02. The predicted molar refractivity (Wildman–Crippen MR) is 80.8 cm³/mol. The van der Waals surface area contributed by atoms with Crippen LogP contribution >= 0.6 is 11.3 Å². The number of imidazole rings is 1. The highest BCUT2D eigenvalue weighted by molar-refractivity contribution is 7.91. The molecule has 0 amide bonds. The molecule has 116 valence electrons. The summed E-state index contributed by atoms with van der Waals surface area (Å²) in [5, 5.41) is 8.86.